The second-order valence-electron chi connectivity index (χ2n) is 3.76. The van der Waals surface area contributed by atoms with Gasteiger partial charge in [-0.15, -0.1) is 0 Å². The normalized spacial score (nSPS) is 11.3. The van der Waals surface area contributed by atoms with Crippen LogP contribution in [-0.2, 0) is 10.0 Å². The zero-order chi connectivity index (χ0) is 14.0. The highest BCUT2D eigenvalue weighted by Crippen LogP contribution is 2.19. The van der Waals surface area contributed by atoms with Gasteiger partial charge < -0.3 is 0 Å². The minimum Gasteiger partial charge on any atom is -0.263 e. The third-order valence-electron chi connectivity index (χ3n) is 2.28. The van der Waals surface area contributed by atoms with Crippen molar-refractivity contribution in [1.29, 1.82) is 0 Å². The number of hydrogen-bond donors (Lipinski definition) is 1. The number of rotatable bonds is 3. The molecule has 0 fully saturated rings. The van der Waals surface area contributed by atoms with Gasteiger partial charge in [0, 0.05) is 16.9 Å². The number of anilines is 1. The van der Waals surface area contributed by atoms with Crippen LogP contribution in [0.2, 0.25) is 0 Å². The van der Waals surface area contributed by atoms with Crippen molar-refractivity contribution in [1.82, 2.24) is 9.97 Å². The Bertz CT molecular complexity index is 722. The molecule has 0 amide bonds. The highest BCUT2D eigenvalue weighted by atomic mass is 79.9. The monoisotopic (exact) mass is 345 g/mol. The van der Waals surface area contributed by atoms with Gasteiger partial charge in [-0.1, -0.05) is 0 Å². The van der Waals surface area contributed by atoms with E-state index in [0.29, 0.717) is 0 Å². The first-order valence-electron chi connectivity index (χ1n) is 5.14. The predicted molar refractivity (Wildman–Crippen MR) is 71.7 cm³/mol. The number of halogens is 2. The lowest BCUT2D eigenvalue weighted by atomic mass is 10.3. The van der Waals surface area contributed by atoms with E-state index >= 15 is 0 Å². The molecule has 0 saturated carbocycles. The summed E-state index contributed by atoms with van der Waals surface area (Å²) in [4.78, 5) is 7.17. The fraction of sp³-hybridized carbons (Fsp3) is 0.0909. The van der Waals surface area contributed by atoms with Crippen LogP contribution in [0.4, 0.5) is 10.2 Å². The minimum atomic E-state index is -3.90. The summed E-state index contributed by atoms with van der Waals surface area (Å²) in [5, 5.41) is 0. The second-order valence-corrected chi connectivity index (χ2v) is 6.30. The molecule has 1 N–H and O–H groups in total. The maximum atomic E-state index is 13.0. The number of aryl methyl sites for hydroxylation is 1. The molecule has 0 aliphatic carbocycles. The first-order chi connectivity index (χ1) is 8.88. The molecule has 0 unspecified atom stereocenters. The lowest BCUT2D eigenvalue weighted by Crippen LogP contribution is -2.14. The summed E-state index contributed by atoms with van der Waals surface area (Å²) in [6.07, 6.45) is 3.48. The molecule has 0 aromatic carbocycles. The van der Waals surface area contributed by atoms with Crippen LogP contribution in [-0.4, -0.2) is 18.4 Å². The van der Waals surface area contributed by atoms with E-state index in [-0.39, 0.29) is 10.7 Å². The van der Waals surface area contributed by atoms with Gasteiger partial charge >= 0.3 is 0 Å². The summed E-state index contributed by atoms with van der Waals surface area (Å²) >= 11 is 3.26. The average Bonchev–Trinajstić information content (AvgIpc) is 2.33. The molecule has 0 aliphatic rings. The van der Waals surface area contributed by atoms with Crippen molar-refractivity contribution < 1.29 is 12.8 Å². The molecule has 8 heteroatoms. The van der Waals surface area contributed by atoms with Crippen LogP contribution in [0.3, 0.4) is 0 Å². The van der Waals surface area contributed by atoms with Crippen LogP contribution in [0.5, 0.6) is 0 Å². The molecular weight excluding hydrogens is 337 g/mol. The fourth-order valence-corrected chi connectivity index (χ4v) is 2.52. The van der Waals surface area contributed by atoms with E-state index in [1.54, 1.807) is 13.0 Å². The molecule has 2 heterocycles. The molecule has 0 bridgehead atoms. The highest BCUT2D eigenvalue weighted by Gasteiger charge is 2.16. The van der Waals surface area contributed by atoms with Crippen LogP contribution >= 0.6 is 15.9 Å². The lowest BCUT2D eigenvalue weighted by molar-refractivity contribution is 0.592. The summed E-state index contributed by atoms with van der Waals surface area (Å²) in [6, 6.07) is 2.45. The Morgan fingerprint density at radius 2 is 2.00 bits per heavy atom. The van der Waals surface area contributed by atoms with Gasteiger partial charge in [-0.05, 0) is 40.5 Å². The Hall–Kier alpha value is -1.54. The minimum absolute atomic E-state index is 0.157. The second kappa shape index (κ2) is 5.22. The molecule has 5 nitrogen and oxygen atoms in total. The Morgan fingerprint density at radius 3 is 2.63 bits per heavy atom. The van der Waals surface area contributed by atoms with Gasteiger partial charge in [0.15, 0.2) is 0 Å². The van der Waals surface area contributed by atoms with E-state index in [0.717, 1.165) is 28.5 Å². The molecule has 0 saturated heterocycles. The zero-order valence-corrected chi connectivity index (χ0v) is 12.2. The third-order valence-corrected chi connectivity index (χ3v) is 4.43. The standard InChI is InChI=1S/C11H9BrFN3O2S/c1-7-2-11(15-6-10(7)12)16-19(17,18)9-3-8(13)4-14-5-9/h2-6H,1H3,(H,15,16). The Labute approximate surface area is 118 Å². The average molecular weight is 346 g/mol. The summed E-state index contributed by atoms with van der Waals surface area (Å²) in [7, 11) is -3.90. The number of pyridine rings is 2. The molecule has 2 aromatic rings. The van der Waals surface area contributed by atoms with E-state index < -0.39 is 15.8 Å². The maximum Gasteiger partial charge on any atom is 0.264 e. The number of aromatic nitrogens is 2. The van der Waals surface area contributed by atoms with Crippen molar-refractivity contribution in [3.63, 3.8) is 0 Å². The molecule has 2 rings (SSSR count). The predicted octanol–water partition coefficient (Wildman–Crippen LogP) is 2.49. The van der Waals surface area contributed by atoms with Gasteiger partial charge in [0.25, 0.3) is 10.0 Å². The van der Waals surface area contributed by atoms with Crippen molar-refractivity contribution in [2.45, 2.75) is 11.8 Å². The molecule has 0 spiro atoms. The van der Waals surface area contributed by atoms with E-state index in [1.165, 1.54) is 6.20 Å². The topological polar surface area (TPSA) is 72.0 Å². The van der Waals surface area contributed by atoms with E-state index in [4.69, 9.17) is 0 Å². The van der Waals surface area contributed by atoms with Gasteiger partial charge in [-0.3, -0.25) is 9.71 Å². The van der Waals surface area contributed by atoms with Gasteiger partial charge in [0.2, 0.25) is 0 Å². The summed E-state index contributed by atoms with van der Waals surface area (Å²) < 4.78 is 40.0. The van der Waals surface area contributed by atoms with Crippen LogP contribution in [0, 0.1) is 12.7 Å². The van der Waals surface area contributed by atoms with E-state index in [2.05, 4.69) is 30.6 Å². The Kier molecular flexibility index (Phi) is 3.81. The smallest absolute Gasteiger partial charge is 0.263 e. The van der Waals surface area contributed by atoms with Crippen molar-refractivity contribution in [2.24, 2.45) is 0 Å². The Morgan fingerprint density at radius 1 is 1.26 bits per heavy atom. The number of nitrogens with zero attached hydrogens (tertiary/aromatic N) is 2. The summed E-state index contributed by atoms with van der Waals surface area (Å²) in [6.45, 7) is 1.80. The van der Waals surface area contributed by atoms with Gasteiger partial charge in [0.1, 0.15) is 16.5 Å². The van der Waals surface area contributed by atoms with Crippen LogP contribution < -0.4 is 4.72 Å². The largest absolute Gasteiger partial charge is 0.264 e. The summed E-state index contributed by atoms with van der Waals surface area (Å²) in [5.41, 5.74) is 0.824. The molecule has 100 valence electrons. The van der Waals surface area contributed by atoms with Crippen molar-refractivity contribution in [3.8, 4) is 0 Å². The van der Waals surface area contributed by atoms with Crippen LogP contribution in [0.25, 0.3) is 0 Å². The molecular formula is C11H9BrFN3O2S. The number of nitrogens with one attached hydrogen (secondary N) is 1. The van der Waals surface area contributed by atoms with Gasteiger partial charge in [0.05, 0.1) is 6.20 Å². The van der Waals surface area contributed by atoms with Crippen LogP contribution in [0.1, 0.15) is 5.56 Å². The molecule has 19 heavy (non-hydrogen) atoms. The van der Waals surface area contributed by atoms with Crippen LogP contribution in [0.15, 0.2) is 40.1 Å². The van der Waals surface area contributed by atoms with E-state index in [1.807, 2.05) is 0 Å². The van der Waals surface area contributed by atoms with Crippen molar-refractivity contribution in [3.05, 3.63) is 46.6 Å². The molecule has 0 aliphatic heterocycles. The van der Waals surface area contributed by atoms with E-state index in [9.17, 15) is 12.8 Å². The SMILES string of the molecule is Cc1cc(NS(=O)(=O)c2cncc(F)c2)ncc1Br. The van der Waals surface area contributed by atoms with Gasteiger partial charge in [-0.25, -0.2) is 17.8 Å². The quantitative estimate of drug-likeness (QED) is 0.927. The third kappa shape index (κ3) is 3.27. The lowest BCUT2D eigenvalue weighted by Gasteiger charge is -2.08. The number of hydrogen-bond acceptors (Lipinski definition) is 4. The first kappa shape index (κ1) is 13.9. The zero-order valence-electron chi connectivity index (χ0n) is 9.76. The first-order valence-corrected chi connectivity index (χ1v) is 7.41. The summed E-state index contributed by atoms with van der Waals surface area (Å²) in [5.74, 6) is -0.562. The molecule has 0 radical (unpaired) electrons. The Balaban J connectivity index is 2.33. The fourth-order valence-electron chi connectivity index (χ4n) is 1.33. The van der Waals surface area contributed by atoms with Gasteiger partial charge in [-0.2, -0.15) is 0 Å². The molecule has 0 atom stereocenters. The highest BCUT2D eigenvalue weighted by molar-refractivity contribution is 9.10. The van der Waals surface area contributed by atoms with Crippen molar-refractivity contribution >= 4 is 31.8 Å². The number of sulfonamides is 1. The molecule has 2 aromatic heterocycles. The van der Waals surface area contributed by atoms with Crippen molar-refractivity contribution in [2.75, 3.05) is 4.72 Å². The maximum absolute atomic E-state index is 13.0.